The van der Waals surface area contributed by atoms with Gasteiger partial charge in [0.15, 0.2) is 5.96 Å². The minimum Gasteiger partial charge on any atom is -0.356 e. The number of rotatable bonds is 8. The van der Waals surface area contributed by atoms with E-state index in [1.807, 2.05) is 14.1 Å². The van der Waals surface area contributed by atoms with Crippen molar-refractivity contribution in [3.63, 3.8) is 0 Å². The Kier molecular flexibility index (Phi) is 8.87. The van der Waals surface area contributed by atoms with Gasteiger partial charge >= 0.3 is 0 Å². The smallest absolute Gasteiger partial charge is 0.230 e. The fourth-order valence-electron chi connectivity index (χ4n) is 4.62. The van der Waals surface area contributed by atoms with Crippen molar-refractivity contribution in [3.8, 4) is 0 Å². The average Bonchev–Trinajstić information content (AvgIpc) is 3.13. The first-order valence-electron chi connectivity index (χ1n) is 10.9. The van der Waals surface area contributed by atoms with Gasteiger partial charge in [0, 0.05) is 40.8 Å². The van der Waals surface area contributed by atoms with E-state index < -0.39 is 0 Å². The summed E-state index contributed by atoms with van der Waals surface area (Å²) >= 11 is 0. The number of piperidine rings is 1. The Morgan fingerprint density at radius 3 is 2.56 bits per heavy atom. The Morgan fingerprint density at radius 2 is 1.93 bits per heavy atom. The number of carbonyl (C=O) groups is 1. The quantitative estimate of drug-likeness (QED) is 0.386. The van der Waals surface area contributed by atoms with Crippen molar-refractivity contribution in [1.82, 2.24) is 20.4 Å². The van der Waals surface area contributed by atoms with E-state index in [0.717, 1.165) is 50.5 Å². The molecular weight excluding hydrogens is 338 g/mol. The van der Waals surface area contributed by atoms with Crippen LogP contribution in [0.3, 0.4) is 0 Å². The summed E-state index contributed by atoms with van der Waals surface area (Å²) in [6.07, 6.45) is 9.34. The molecule has 2 aliphatic rings. The van der Waals surface area contributed by atoms with E-state index in [1.54, 1.807) is 11.9 Å². The number of amides is 1. The van der Waals surface area contributed by atoms with Crippen molar-refractivity contribution in [2.45, 2.75) is 58.3 Å². The van der Waals surface area contributed by atoms with Crippen LogP contribution < -0.4 is 10.6 Å². The lowest BCUT2D eigenvalue weighted by molar-refractivity contribution is -0.138. The SMILES string of the molecule is CN=C(NCCCCN1CCCC(C)C1)NCC1(C(=O)N(C)C)CCCC1. The molecule has 0 aromatic heterocycles. The third-order valence-electron chi connectivity index (χ3n) is 6.17. The zero-order valence-corrected chi connectivity index (χ0v) is 18.0. The van der Waals surface area contributed by atoms with Crippen molar-refractivity contribution in [3.05, 3.63) is 0 Å². The Morgan fingerprint density at radius 1 is 1.19 bits per heavy atom. The van der Waals surface area contributed by atoms with Crippen molar-refractivity contribution >= 4 is 11.9 Å². The van der Waals surface area contributed by atoms with Crippen LogP contribution in [0.25, 0.3) is 0 Å². The molecule has 1 aliphatic heterocycles. The van der Waals surface area contributed by atoms with Crippen LogP contribution in [0.15, 0.2) is 4.99 Å². The highest BCUT2D eigenvalue weighted by molar-refractivity contribution is 5.85. The zero-order chi connectivity index (χ0) is 19.7. The second-order valence-electron chi connectivity index (χ2n) is 8.79. The first-order chi connectivity index (χ1) is 13.0. The highest BCUT2D eigenvalue weighted by atomic mass is 16.2. The third kappa shape index (κ3) is 6.66. The average molecular weight is 380 g/mol. The number of hydrogen-bond donors (Lipinski definition) is 2. The molecule has 6 heteroatoms. The molecule has 0 aromatic carbocycles. The topological polar surface area (TPSA) is 60.0 Å². The molecule has 1 saturated heterocycles. The van der Waals surface area contributed by atoms with Crippen LogP contribution in [0.4, 0.5) is 0 Å². The second kappa shape index (κ2) is 10.9. The van der Waals surface area contributed by atoms with E-state index >= 15 is 0 Å². The predicted molar refractivity (Wildman–Crippen MR) is 113 cm³/mol. The summed E-state index contributed by atoms with van der Waals surface area (Å²) < 4.78 is 0. The Bertz CT molecular complexity index is 485. The zero-order valence-electron chi connectivity index (χ0n) is 18.0. The molecule has 0 spiro atoms. The highest BCUT2D eigenvalue weighted by Crippen LogP contribution is 2.38. The second-order valence-corrected chi connectivity index (χ2v) is 8.79. The monoisotopic (exact) mass is 379 g/mol. The summed E-state index contributed by atoms with van der Waals surface area (Å²) in [5, 5.41) is 6.84. The van der Waals surface area contributed by atoms with Gasteiger partial charge in [0.05, 0.1) is 5.41 Å². The molecule has 1 aliphatic carbocycles. The Labute approximate surface area is 166 Å². The lowest BCUT2D eigenvalue weighted by Crippen LogP contribution is -2.49. The van der Waals surface area contributed by atoms with E-state index in [0.29, 0.717) is 6.54 Å². The van der Waals surface area contributed by atoms with E-state index in [4.69, 9.17) is 0 Å². The number of carbonyl (C=O) groups excluding carboxylic acids is 1. The van der Waals surface area contributed by atoms with Crippen LogP contribution in [0.5, 0.6) is 0 Å². The molecule has 0 bridgehead atoms. The molecule has 0 radical (unpaired) electrons. The molecule has 1 unspecified atom stereocenters. The Hall–Kier alpha value is -1.30. The minimum absolute atomic E-state index is 0.249. The van der Waals surface area contributed by atoms with Gasteiger partial charge in [-0.25, -0.2) is 0 Å². The fraction of sp³-hybridized carbons (Fsp3) is 0.905. The summed E-state index contributed by atoms with van der Waals surface area (Å²) in [6.45, 7) is 7.70. The summed E-state index contributed by atoms with van der Waals surface area (Å²) in [5.74, 6) is 1.92. The summed E-state index contributed by atoms with van der Waals surface area (Å²) in [6, 6.07) is 0. The molecule has 1 atom stereocenters. The molecular formula is C21H41N5O. The van der Waals surface area contributed by atoms with Gasteiger partial charge < -0.3 is 20.4 Å². The van der Waals surface area contributed by atoms with E-state index in [9.17, 15) is 4.79 Å². The van der Waals surface area contributed by atoms with E-state index in [-0.39, 0.29) is 11.3 Å². The first kappa shape index (κ1) is 22.0. The van der Waals surface area contributed by atoms with Gasteiger partial charge in [-0.2, -0.15) is 0 Å². The molecule has 1 amide bonds. The van der Waals surface area contributed by atoms with Gasteiger partial charge in [0.2, 0.25) is 5.91 Å². The fourth-order valence-corrected chi connectivity index (χ4v) is 4.62. The van der Waals surface area contributed by atoms with Crippen LogP contribution in [0, 0.1) is 11.3 Å². The highest BCUT2D eigenvalue weighted by Gasteiger charge is 2.42. The van der Waals surface area contributed by atoms with Crippen molar-refractivity contribution in [2.24, 2.45) is 16.3 Å². The number of nitrogens with one attached hydrogen (secondary N) is 2. The predicted octanol–water partition coefficient (Wildman–Crippen LogP) is 2.31. The van der Waals surface area contributed by atoms with Gasteiger partial charge in [-0.3, -0.25) is 9.79 Å². The number of hydrogen-bond acceptors (Lipinski definition) is 3. The number of unbranched alkanes of at least 4 members (excludes halogenated alkanes) is 1. The molecule has 156 valence electrons. The number of nitrogens with zero attached hydrogens (tertiary/aromatic N) is 3. The van der Waals surface area contributed by atoms with Gasteiger partial charge in [-0.05, 0) is 57.5 Å². The number of likely N-dealkylation sites (tertiary alicyclic amines) is 1. The van der Waals surface area contributed by atoms with Crippen molar-refractivity contribution < 1.29 is 4.79 Å². The molecule has 1 saturated carbocycles. The Balaban J connectivity index is 1.67. The minimum atomic E-state index is -0.258. The number of aliphatic imine (C=N–C) groups is 1. The van der Waals surface area contributed by atoms with Crippen LogP contribution in [0.2, 0.25) is 0 Å². The summed E-state index contributed by atoms with van der Waals surface area (Å²) in [5.41, 5.74) is -0.258. The maximum absolute atomic E-state index is 12.7. The standard InChI is InChI=1S/C21H41N5O/c1-18-10-9-15-26(16-18)14-8-7-13-23-20(22-2)24-17-21(11-5-6-12-21)19(27)25(3)4/h18H,5-17H2,1-4H3,(H2,22,23,24). The molecule has 2 fully saturated rings. The van der Waals surface area contributed by atoms with E-state index in [1.165, 1.54) is 38.9 Å². The normalized spacial score (nSPS) is 23.3. The maximum Gasteiger partial charge on any atom is 0.230 e. The number of guanidine groups is 1. The summed E-state index contributed by atoms with van der Waals surface area (Å²) in [4.78, 5) is 21.4. The van der Waals surface area contributed by atoms with Gasteiger partial charge in [-0.1, -0.05) is 19.8 Å². The molecule has 6 nitrogen and oxygen atoms in total. The van der Waals surface area contributed by atoms with Crippen LogP contribution in [-0.2, 0) is 4.79 Å². The van der Waals surface area contributed by atoms with E-state index in [2.05, 4.69) is 27.4 Å². The molecule has 2 rings (SSSR count). The maximum atomic E-state index is 12.7. The first-order valence-corrected chi connectivity index (χ1v) is 10.9. The van der Waals surface area contributed by atoms with Gasteiger partial charge in [-0.15, -0.1) is 0 Å². The largest absolute Gasteiger partial charge is 0.356 e. The van der Waals surface area contributed by atoms with Crippen LogP contribution in [-0.4, -0.2) is 75.5 Å². The molecule has 2 N–H and O–H groups in total. The lowest BCUT2D eigenvalue weighted by atomic mass is 9.84. The third-order valence-corrected chi connectivity index (χ3v) is 6.17. The van der Waals surface area contributed by atoms with Gasteiger partial charge in [0.25, 0.3) is 0 Å². The summed E-state index contributed by atoms with van der Waals surface area (Å²) in [7, 11) is 5.52. The van der Waals surface area contributed by atoms with Gasteiger partial charge in [0.1, 0.15) is 0 Å². The molecule has 27 heavy (non-hydrogen) atoms. The van der Waals surface area contributed by atoms with Crippen LogP contribution >= 0.6 is 0 Å². The molecule has 0 aromatic rings. The molecule has 1 heterocycles. The van der Waals surface area contributed by atoms with Crippen LogP contribution in [0.1, 0.15) is 58.3 Å². The van der Waals surface area contributed by atoms with Crippen molar-refractivity contribution in [2.75, 3.05) is 53.9 Å². The lowest BCUT2D eigenvalue weighted by Gasteiger charge is -2.31. The van der Waals surface area contributed by atoms with Crippen molar-refractivity contribution in [1.29, 1.82) is 0 Å².